The van der Waals surface area contributed by atoms with Crippen molar-refractivity contribution in [2.24, 2.45) is 0 Å². The summed E-state index contributed by atoms with van der Waals surface area (Å²) in [7, 11) is 0. The molecule has 3 rings (SSSR count). The highest BCUT2D eigenvalue weighted by Crippen LogP contribution is 2.30. The molecule has 1 aromatic heterocycles. The van der Waals surface area contributed by atoms with Gasteiger partial charge in [0.2, 0.25) is 11.1 Å². The van der Waals surface area contributed by atoms with Crippen LogP contribution in [0.5, 0.6) is 0 Å². The number of carbonyl (C=O) groups is 1. The number of anilines is 1. The van der Waals surface area contributed by atoms with Crippen molar-refractivity contribution in [1.82, 2.24) is 20.2 Å². The van der Waals surface area contributed by atoms with E-state index in [1.54, 1.807) is 24.3 Å². The largest absolute Gasteiger partial charge is 0.325 e. The molecule has 1 aliphatic carbocycles. The Morgan fingerprint density at radius 3 is 3.00 bits per heavy atom. The molecule has 0 radical (unpaired) electrons. The summed E-state index contributed by atoms with van der Waals surface area (Å²) in [4.78, 5) is 12.1. The quantitative estimate of drug-likeness (QED) is 0.839. The van der Waals surface area contributed by atoms with E-state index < -0.39 is 0 Å². The van der Waals surface area contributed by atoms with Gasteiger partial charge in [0.25, 0.3) is 0 Å². The number of hydrogen-bond donors (Lipinski definition) is 1. The van der Waals surface area contributed by atoms with Gasteiger partial charge in [0, 0.05) is 5.69 Å². The Balaban J connectivity index is 1.57. The molecule has 8 heteroatoms. The Labute approximate surface area is 144 Å². The zero-order valence-corrected chi connectivity index (χ0v) is 14.0. The van der Waals surface area contributed by atoms with Crippen LogP contribution in [0.15, 0.2) is 29.4 Å². The summed E-state index contributed by atoms with van der Waals surface area (Å²) < 4.78 is 1.85. The van der Waals surface area contributed by atoms with Crippen LogP contribution in [-0.2, 0) is 4.79 Å². The summed E-state index contributed by atoms with van der Waals surface area (Å²) in [5.74, 6) is 0.0810. The maximum absolute atomic E-state index is 12.1. The van der Waals surface area contributed by atoms with Crippen molar-refractivity contribution in [3.8, 4) is 6.07 Å². The van der Waals surface area contributed by atoms with Gasteiger partial charge in [-0.05, 0) is 41.5 Å². The normalized spacial score (nSPS) is 15.0. The molecule has 0 aliphatic heterocycles. The predicted octanol–water partition coefficient (Wildman–Crippen LogP) is 2.78. The molecule has 1 aliphatic rings. The molecule has 2 aromatic rings. The fourth-order valence-corrected chi connectivity index (χ4v) is 3.57. The lowest BCUT2D eigenvalue weighted by Crippen LogP contribution is -2.17. The van der Waals surface area contributed by atoms with Gasteiger partial charge in [0.05, 0.1) is 23.4 Å². The Kier molecular flexibility index (Phi) is 5.43. The molecular weight excluding hydrogens is 324 g/mol. The van der Waals surface area contributed by atoms with Crippen molar-refractivity contribution in [2.75, 3.05) is 11.1 Å². The first-order chi connectivity index (χ1) is 11.8. The van der Waals surface area contributed by atoms with Gasteiger partial charge in [-0.1, -0.05) is 37.1 Å². The number of nitriles is 1. The molecule has 1 saturated carbocycles. The van der Waals surface area contributed by atoms with Crippen molar-refractivity contribution < 1.29 is 4.79 Å². The summed E-state index contributed by atoms with van der Waals surface area (Å²) in [5, 5.41) is 24.2. The zero-order chi connectivity index (χ0) is 16.8. The van der Waals surface area contributed by atoms with E-state index in [0.29, 0.717) is 22.4 Å². The second-order valence-electron chi connectivity index (χ2n) is 5.73. The number of nitrogens with zero attached hydrogens (tertiary/aromatic N) is 5. The maximum Gasteiger partial charge on any atom is 0.234 e. The van der Waals surface area contributed by atoms with Crippen molar-refractivity contribution in [3.63, 3.8) is 0 Å². The van der Waals surface area contributed by atoms with E-state index in [9.17, 15) is 4.79 Å². The number of nitrogens with one attached hydrogen (secondary N) is 1. The van der Waals surface area contributed by atoms with Crippen LogP contribution in [0.4, 0.5) is 5.69 Å². The van der Waals surface area contributed by atoms with E-state index in [4.69, 9.17) is 5.26 Å². The third-order valence-corrected chi connectivity index (χ3v) is 4.92. The average molecular weight is 342 g/mol. The summed E-state index contributed by atoms with van der Waals surface area (Å²) in [5.41, 5.74) is 1.13. The minimum absolute atomic E-state index is 0.145. The minimum atomic E-state index is -0.145. The Morgan fingerprint density at radius 1 is 1.38 bits per heavy atom. The summed E-state index contributed by atoms with van der Waals surface area (Å²) >= 11 is 1.33. The second kappa shape index (κ2) is 7.93. The van der Waals surface area contributed by atoms with Crippen LogP contribution in [0, 0.1) is 11.3 Å². The number of hydrogen-bond acceptors (Lipinski definition) is 6. The number of carbonyl (C=O) groups excluding carboxylic acids is 1. The lowest BCUT2D eigenvalue weighted by atomic mass is 9.96. The molecule has 0 saturated heterocycles. The molecule has 1 amide bonds. The van der Waals surface area contributed by atoms with Gasteiger partial charge in [-0.25, -0.2) is 4.68 Å². The summed E-state index contributed by atoms with van der Waals surface area (Å²) in [6.45, 7) is 0. The van der Waals surface area contributed by atoms with Crippen molar-refractivity contribution in [2.45, 2.75) is 43.3 Å². The number of tetrazole rings is 1. The molecule has 1 fully saturated rings. The standard InChI is InChI=1S/C16H18N6OS/c17-10-12-5-4-6-13(9-12)18-15(23)11-24-16-19-20-21-22(16)14-7-2-1-3-8-14/h4-6,9,14H,1-3,7-8,11H2,(H,18,23). The minimum Gasteiger partial charge on any atom is -0.325 e. The highest BCUT2D eigenvalue weighted by atomic mass is 32.2. The van der Waals surface area contributed by atoms with Crippen LogP contribution >= 0.6 is 11.8 Å². The highest BCUT2D eigenvalue weighted by molar-refractivity contribution is 7.99. The van der Waals surface area contributed by atoms with E-state index in [1.807, 2.05) is 4.68 Å². The SMILES string of the molecule is N#Cc1cccc(NC(=O)CSc2nnnn2C2CCCCC2)c1. The maximum atomic E-state index is 12.1. The molecule has 1 aromatic carbocycles. The van der Waals surface area contributed by atoms with Crippen LogP contribution in [-0.4, -0.2) is 31.9 Å². The molecule has 1 heterocycles. The molecule has 0 atom stereocenters. The Hall–Kier alpha value is -2.40. The van der Waals surface area contributed by atoms with Crippen LogP contribution in [0.25, 0.3) is 0 Å². The first-order valence-electron chi connectivity index (χ1n) is 7.97. The molecule has 24 heavy (non-hydrogen) atoms. The lowest BCUT2D eigenvalue weighted by molar-refractivity contribution is -0.113. The van der Waals surface area contributed by atoms with Crippen LogP contribution in [0.3, 0.4) is 0 Å². The smallest absolute Gasteiger partial charge is 0.234 e. The summed E-state index contributed by atoms with van der Waals surface area (Å²) in [6.07, 6.45) is 5.84. The molecule has 0 unspecified atom stereocenters. The molecule has 0 spiro atoms. The van der Waals surface area contributed by atoms with Crippen LogP contribution in [0.1, 0.15) is 43.7 Å². The van der Waals surface area contributed by atoms with Crippen molar-refractivity contribution >= 4 is 23.4 Å². The van der Waals surface area contributed by atoms with E-state index in [1.165, 1.54) is 31.0 Å². The average Bonchev–Trinajstić information content (AvgIpc) is 3.09. The summed E-state index contributed by atoms with van der Waals surface area (Å²) in [6, 6.07) is 9.24. The second-order valence-corrected chi connectivity index (χ2v) is 6.67. The molecular formula is C16H18N6OS. The third-order valence-electron chi connectivity index (χ3n) is 3.99. The van der Waals surface area contributed by atoms with Gasteiger partial charge in [0.15, 0.2) is 0 Å². The number of rotatable bonds is 5. The van der Waals surface area contributed by atoms with E-state index >= 15 is 0 Å². The van der Waals surface area contributed by atoms with E-state index in [2.05, 4.69) is 26.9 Å². The number of thioether (sulfide) groups is 1. The van der Waals surface area contributed by atoms with Gasteiger partial charge >= 0.3 is 0 Å². The van der Waals surface area contributed by atoms with Gasteiger partial charge in [-0.15, -0.1) is 5.10 Å². The zero-order valence-electron chi connectivity index (χ0n) is 13.2. The lowest BCUT2D eigenvalue weighted by Gasteiger charge is -2.21. The van der Waals surface area contributed by atoms with Crippen LogP contribution < -0.4 is 5.32 Å². The molecule has 1 N–H and O–H groups in total. The predicted molar refractivity (Wildman–Crippen MR) is 90.4 cm³/mol. The Morgan fingerprint density at radius 2 is 2.21 bits per heavy atom. The van der Waals surface area contributed by atoms with Gasteiger partial charge in [-0.3, -0.25) is 4.79 Å². The van der Waals surface area contributed by atoms with Gasteiger partial charge in [0.1, 0.15) is 0 Å². The van der Waals surface area contributed by atoms with E-state index in [0.717, 1.165) is 12.8 Å². The molecule has 0 bridgehead atoms. The first-order valence-corrected chi connectivity index (χ1v) is 8.95. The molecule has 124 valence electrons. The first kappa shape index (κ1) is 16.5. The van der Waals surface area contributed by atoms with Gasteiger partial charge < -0.3 is 5.32 Å². The van der Waals surface area contributed by atoms with Crippen molar-refractivity contribution in [3.05, 3.63) is 29.8 Å². The Bertz CT molecular complexity index is 747. The number of benzene rings is 1. The van der Waals surface area contributed by atoms with Crippen LogP contribution in [0.2, 0.25) is 0 Å². The fourth-order valence-electron chi connectivity index (χ4n) is 2.83. The van der Waals surface area contributed by atoms with Gasteiger partial charge in [-0.2, -0.15) is 5.26 Å². The van der Waals surface area contributed by atoms with E-state index in [-0.39, 0.29) is 11.7 Å². The molecule has 7 nitrogen and oxygen atoms in total. The number of aromatic nitrogens is 4. The highest BCUT2D eigenvalue weighted by Gasteiger charge is 2.20. The monoisotopic (exact) mass is 342 g/mol. The number of amides is 1. The topological polar surface area (TPSA) is 96.5 Å². The fraction of sp³-hybridized carbons (Fsp3) is 0.438. The van der Waals surface area contributed by atoms with Crippen molar-refractivity contribution in [1.29, 1.82) is 5.26 Å². The third kappa shape index (κ3) is 4.11.